The number of fused-ring (bicyclic) bond motifs is 1. The lowest BCUT2D eigenvalue weighted by molar-refractivity contribution is 0.643. The monoisotopic (exact) mass is 159 g/mol. The number of hydrogen-bond donors (Lipinski definition) is 2. The molecule has 0 saturated heterocycles. The van der Waals surface area contributed by atoms with E-state index in [0.29, 0.717) is 0 Å². The Morgan fingerprint density at radius 2 is 2.25 bits per heavy atom. The van der Waals surface area contributed by atoms with Crippen LogP contribution >= 0.6 is 0 Å². The number of rotatable bonds is 0. The quantitative estimate of drug-likeness (QED) is 0.595. The van der Waals surface area contributed by atoms with E-state index in [0.717, 1.165) is 12.1 Å². The van der Waals surface area contributed by atoms with Crippen molar-refractivity contribution in [3.05, 3.63) is 29.8 Å². The molecule has 1 aromatic carbocycles. The maximum atomic E-state index is 8.66. The van der Waals surface area contributed by atoms with Crippen molar-refractivity contribution in [1.29, 1.82) is 5.26 Å². The predicted molar refractivity (Wildman–Crippen MR) is 46.3 cm³/mol. The summed E-state index contributed by atoms with van der Waals surface area (Å²) in [5, 5.41) is 8.66. The van der Waals surface area contributed by atoms with Crippen LogP contribution in [0.2, 0.25) is 0 Å². The van der Waals surface area contributed by atoms with Gasteiger partial charge in [0, 0.05) is 6.42 Å². The van der Waals surface area contributed by atoms with Crippen LogP contribution in [0.25, 0.3) is 0 Å². The largest absolute Gasteiger partial charge is 0.320 e. The van der Waals surface area contributed by atoms with Gasteiger partial charge in [-0.3, -0.25) is 0 Å². The van der Waals surface area contributed by atoms with Crippen molar-refractivity contribution >= 4 is 5.69 Å². The molecule has 0 radical (unpaired) electrons. The average Bonchev–Trinajstić information content (AvgIpc) is 2.17. The number of benzene rings is 1. The fourth-order valence-corrected chi connectivity index (χ4v) is 1.33. The molecule has 0 aromatic heterocycles. The fourth-order valence-electron chi connectivity index (χ4n) is 1.33. The number of nitrogens with one attached hydrogen (secondary N) is 2. The molecule has 0 bridgehead atoms. The molecule has 0 fully saturated rings. The lowest BCUT2D eigenvalue weighted by atomic mass is 10.0. The van der Waals surface area contributed by atoms with Crippen molar-refractivity contribution in [2.24, 2.45) is 0 Å². The molecule has 60 valence electrons. The summed E-state index contributed by atoms with van der Waals surface area (Å²) in [6, 6.07) is 10.0. The van der Waals surface area contributed by atoms with Crippen molar-refractivity contribution in [1.82, 2.24) is 5.43 Å². The third-order valence-corrected chi connectivity index (χ3v) is 1.98. The standard InChI is InChI=1S/C9H9N3/c10-6-8-5-7-3-1-2-4-9(7)12-11-8/h1-4,8,11-12H,5H2. The summed E-state index contributed by atoms with van der Waals surface area (Å²) in [5.74, 6) is 0. The zero-order chi connectivity index (χ0) is 8.39. The van der Waals surface area contributed by atoms with Crippen molar-refractivity contribution in [2.45, 2.75) is 12.5 Å². The Bertz CT molecular complexity index is 327. The van der Waals surface area contributed by atoms with Gasteiger partial charge in [0.05, 0.1) is 11.8 Å². The van der Waals surface area contributed by atoms with Crippen LogP contribution in [0.15, 0.2) is 24.3 Å². The van der Waals surface area contributed by atoms with E-state index in [4.69, 9.17) is 5.26 Å². The third kappa shape index (κ3) is 1.13. The van der Waals surface area contributed by atoms with Crippen LogP contribution in [0, 0.1) is 11.3 Å². The molecular formula is C9H9N3. The average molecular weight is 159 g/mol. The SMILES string of the molecule is N#CC1Cc2ccccc2NN1. The van der Waals surface area contributed by atoms with Gasteiger partial charge >= 0.3 is 0 Å². The maximum absolute atomic E-state index is 8.66. The molecule has 2 rings (SSSR count). The van der Waals surface area contributed by atoms with Gasteiger partial charge in [-0.05, 0) is 11.6 Å². The zero-order valence-electron chi connectivity index (χ0n) is 6.54. The number of nitrogens with zero attached hydrogens (tertiary/aromatic N) is 1. The van der Waals surface area contributed by atoms with Crippen molar-refractivity contribution in [3.63, 3.8) is 0 Å². The Morgan fingerprint density at radius 3 is 3.08 bits per heavy atom. The lowest BCUT2D eigenvalue weighted by Crippen LogP contribution is -2.38. The van der Waals surface area contributed by atoms with Gasteiger partial charge in [0.2, 0.25) is 0 Å². The Hall–Kier alpha value is -1.53. The number of para-hydroxylation sites is 1. The molecule has 0 aliphatic carbocycles. The van der Waals surface area contributed by atoms with Crippen LogP contribution in [0.1, 0.15) is 5.56 Å². The zero-order valence-corrected chi connectivity index (χ0v) is 6.54. The van der Waals surface area contributed by atoms with Gasteiger partial charge in [-0.2, -0.15) is 5.26 Å². The summed E-state index contributed by atoms with van der Waals surface area (Å²) in [5.41, 5.74) is 8.18. The lowest BCUT2D eigenvalue weighted by Gasteiger charge is -2.22. The Balaban J connectivity index is 2.30. The Kier molecular flexibility index (Phi) is 1.69. The predicted octanol–water partition coefficient (Wildman–Crippen LogP) is 1.05. The summed E-state index contributed by atoms with van der Waals surface area (Å²) < 4.78 is 0. The maximum Gasteiger partial charge on any atom is 0.117 e. The highest BCUT2D eigenvalue weighted by Crippen LogP contribution is 2.19. The highest BCUT2D eigenvalue weighted by atomic mass is 15.4. The molecule has 0 amide bonds. The van der Waals surface area contributed by atoms with Crippen LogP contribution in [0.4, 0.5) is 5.69 Å². The summed E-state index contributed by atoms with van der Waals surface area (Å²) in [6.45, 7) is 0. The number of hydrazine groups is 1. The van der Waals surface area contributed by atoms with Crippen LogP contribution in [0.3, 0.4) is 0 Å². The molecule has 2 N–H and O–H groups in total. The number of nitriles is 1. The van der Waals surface area contributed by atoms with E-state index in [1.54, 1.807) is 0 Å². The van der Waals surface area contributed by atoms with Crippen molar-refractivity contribution in [2.75, 3.05) is 5.43 Å². The van der Waals surface area contributed by atoms with E-state index in [1.807, 2.05) is 24.3 Å². The molecule has 1 aliphatic heterocycles. The molecule has 3 nitrogen and oxygen atoms in total. The van der Waals surface area contributed by atoms with E-state index in [9.17, 15) is 0 Å². The highest BCUT2D eigenvalue weighted by Gasteiger charge is 2.15. The molecule has 0 spiro atoms. The second-order valence-electron chi connectivity index (χ2n) is 2.81. The van der Waals surface area contributed by atoms with E-state index in [2.05, 4.69) is 16.9 Å². The van der Waals surface area contributed by atoms with E-state index in [-0.39, 0.29) is 6.04 Å². The fraction of sp³-hybridized carbons (Fsp3) is 0.222. The van der Waals surface area contributed by atoms with Crippen LogP contribution in [-0.4, -0.2) is 6.04 Å². The second kappa shape index (κ2) is 2.84. The molecule has 0 saturated carbocycles. The van der Waals surface area contributed by atoms with Gasteiger partial charge in [-0.25, -0.2) is 5.43 Å². The highest BCUT2D eigenvalue weighted by molar-refractivity contribution is 5.52. The molecule has 3 heteroatoms. The topological polar surface area (TPSA) is 47.9 Å². The minimum absolute atomic E-state index is 0.111. The number of hydrogen-bond acceptors (Lipinski definition) is 3. The first-order chi connectivity index (χ1) is 5.90. The first kappa shape index (κ1) is 7.14. The summed E-state index contributed by atoms with van der Waals surface area (Å²) >= 11 is 0. The van der Waals surface area contributed by atoms with Crippen molar-refractivity contribution in [3.8, 4) is 6.07 Å². The van der Waals surface area contributed by atoms with Gasteiger partial charge in [0.15, 0.2) is 0 Å². The van der Waals surface area contributed by atoms with Gasteiger partial charge in [-0.15, -0.1) is 0 Å². The molecule has 1 heterocycles. The van der Waals surface area contributed by atoms with E-state index >= 15 is 0 Å². The van der Waals surface area contributed by atoms with Gasteiger partial charge in [0.25, 0.3) is 0 Å². The van der Waals surface area contributed by atoms with E-state index < -0.39 is 0 Å². The number of anilines is 1. The molecule has 1 aromatic rings. The molecule has 1 aliphatic rings. The van der Waals surface area contributed by atoms with Crippen LogP contribution in [-0.2, 0) is 6.42 Å². The molecule has 1 unspecified atom stereocenters. The second-order valence-corrected chi connectivity index (χ2v) is 2.81. The first-order valence-corrected chi connectivity index (χ1v) is 3.89. The van der Waals surface area contributed by atoms with E-state index in [1.165, 1.54) is 5.56 Å². The third-order valence-electron chi connectivity index (χ3n) is 1.98. The minimum atomic E-state index is -0.111. The smallest absolute Gasteiger partial charge is 0.117 e. The minimum Gasteiger partial charge on any atom is -0.320 e. The van der Waals surface area contributed by atoms with Gasteiger partial charge in [-0.1, -0.05) is 18.2 Å². The Labute approximate surface area is 71.0 Å². The molecule has 1 atom stereocenters. The van der Waals surface area contributed by atoms with Crippen LogP contribution in [0.5, 0.6) is 0 Å². The first-order valence-electron chi connectivity index (χ1n) is 3.89. The summed E-state index contributed by atoms with van der Waals surface area (Å²) in [4.78, 5) is 0. The van der Waals surface area contributed by atoms with Gasteiger partial charge in [0.1, 0.15) is 6.04 Å². The molecule has 12 heavy (non-hydrogen) atoms. The molecular weight excluding hydrogens is 150 g/mol. The van der Waals surface area contributed by atoms with Crippen LogP contribution < -0.4 is 10.9 Å². The summed E-state index contributed by atoms with van der Waals surface area (Å²) in [7, 11) is 0. The summed E-state index contributed by atoms with van der Waals surface area (Å²) in [6.07, 6.45) is 0.777. The normalized spacial score (nSPS) is 20.4. The Morgan fingerprint density at radius 1 is 1.42 bits per heavy atom. The van der Waals surface area contributed by atoms with Gasteiger partial charge < -0.3 is 5.43 Å². The van der Waals surface area contributed by atoms with Crippen molar-refractivity contribution < 1.29 is 0 Å².